The third-order valence-electron chi connectivity index (χ3n) is 7.72. The molecule has 0 radical (unpaired) electrons. The van der Waals surface area contributed by atoms with Crippen LogP contribution >= 0.6 is 0 Å². The smallest absolute Gasteiger partial charge is 0.325 e. The van der Waals surface area contributed by atoms with Crippen molar-refractivity contribution in [1.29, 1.82) is 0 Å². The number of rotatable bonds is 9. The van der Waals surface area contributed by atoms with Crippen molar-refractivity contribution >= 4 is 12.0 Å². The predicted molar refractivity (Wildman–Crippen MR) is 121 cm³/mol. The van der Waals surface area contributed by atoms with Crippen molar-refractivity contribution in [2.45, 2.75) is 62.9 Å². The molecule has 1 aliphatic heterocycles. The van der Waals surface area contributed by atoms with E-state index in [1.165, 1.54) is 24.8 Å². The largest absolute Gasteiger partial charge is 0.464 e. The number of nitrogens with zero attached hydrogens (tertiary/aromatic N) is 3. The zero-order valence-electron chi connectivity index (χ0n) is 19.3. The standard InChI is InChI=1S/C25H37N3O3/c1-4-5-14-31-22(29)16-27-19-24(28(23(27)30)15-20-10-9-11-20)17-25(18-24,26(2)3)21-12-7-6-8-13-21/h6-8,12-13,20H,4-5,9-11,14-19H2,1-3H3. The van der Waals surface area contributed by atoms with Gasteiger partial charge in [-0.05, 0) is 57.7 Å². The van der Waals surface area contributed by atoms with Gasteiger partial charge < -0.3 is 14.5 Å². The van der Waals surface area contributed by atoms with E-state index in [-0.39, 0.29) is 29.6 Å². The van der Waals surface area contributed by atoms with E-state index >= 15 is 0 Å². The zero-order valence-corrected chi connectivity index (χ0v) is 19.3. The maximum atomic E-state index is 13.4. The number of amides is 2. The van der Waals surface area contributed by atoms with Gasteiger partial charge in [-0.25, -0.2) is 4.79 Å². The van der Waals surface area contributed by atoms with E-state index in [1.807, 2.05) is 0 Å². The SMILES string of the molecule is CCCCOC(=O)CN1CC2(CC(c3ccccc3)(N(C)C)C2)N(CC2CCC2)C1=O. The molecular formula is C25H37N3O3. The zero-order chi connectivity index (χ0) is 22.1. The number of carbonyl (C=O) groups is 2. The lowest BCUT2D eigenvalue weighted by Gasteiger charge is -2.61. The van der Waals surface area contributed by atoms with Crippen LogP contribution in [0.4, 0.5) is 4.79 Å². The number of carbonyl (C=O) groups excluding carboxylic acids is 2. The number of ether oxygens (including phenoxy) is 1. The first-order valence-corrected chi connectivity index (χ1v) is 11.9. The molecule has 3 aliphatic rings. The first-order chi connectivity index (χ1) is 14.9. The lowest BCUT2D eigenvalue weighted by molar-refractivity contribution is -0.144. The van der Waals surface area contributed by atoms with Crippen LogP contribution < -0.4 is 0 Å². The normalized spacial score (nSPS) is 28.2. The maximum absolute atomic E-state index is 13.4. The minimum Gasteiger partial charge on any atom is -0.464 e. The molecule has 170 valence electrons. The Morgan fingerprint density at radius 2 is 1.90 bits per heavy atom. The Labute approximate surface area is 186 Å². The third kappa shape index (κ3) is 4.07. The molecule has 0 bridgehead atoms. The van der Waals surface area contributed by atoms with Crippen LogP contribution in [0.25, 0.3) is 0 Å². The van der Waals surface area contributed by atoms with Crippen molar-refractivity contribution in [3.8, 4) is 0 Å². The van der Waals surface area contributed by atoms with Gasteiger partial charge in [0.15, 0.2) is 0 Å². The van der Waals surface area contributed by atoms with E-state index in [0.29, 0.717) is 19.1 Å². The fourth-order valence-corrected chi connectivity index (χ4v) is 5.61. The van der Waals surface area contributed by atoms with Crippen LogP contribution in [-0.4, -0.2) is 72.6 Å². The average Bonchev–Trinajstić information content (AvgIpc) is 2.95. The number of benzene rings is 1. The van der Waals surface area contributed by atoms with Crippen molar-refractivity contribution in [2.24, 2.45) is 5.92 Å². The fraction of sp³-hybridized carbons (Fsp3) is 0.680. The lowest BCUT2D eigenvalue weighted by atomic mass is 9.58. The van der Waals surface area contributed by atoms with E-state index in [1.54, 1.807) is 4.90 Å². The van der Waals surface area contributed by atoms with Gasteiger partial charge in [-0.15, -0.1) is 0 Å². The molecule has 1 spiro atoms. The molecule has 0 unspecified atom stereocenters. The van der Waals surface area contributed by atoms with Gasteiger partial charge in [-0.2, -0.15) is 0 Å². The Hall–Kier alpha value is -2.08. The van der Waals surface area contributed by atoms with E-state index in [0.717, 1.165) is 32.2 Å². The molecule has 0 N–H and O–H groups in total. The minimum atomic E-state index is -0.288. The number of unbranched alkanes of at least 4 members (excludes halogenated alkanes) is 1. The average molecular weight is 428 g/mol. The summed E-state index contributed by atoms with van der Waals surface area (Å²) in [6.45, 7) is 4.00. The summed E-state index contributed by atoms with van der Waals surface area (Å²) in [6, 6.07) is 10.6. The van der Waals surface area contributed by atoms with Gasteiger partial charge in [0.1, 0.15) is 6.54 Å². The molecule has 1 saturated heterocycles. The third-order valence-corrected chi connectivity index (χ3v) is 7.72. The Kier molecular flexibility index (Phi) is 6.29. The van der Waals surface area contributed by atoms with Crippen LogP contribution in [0.5, 0.6) is 0 Å². The molecule has 6 heteroatoms. The molecule has 31 heavy (non-hydrogen) atoms. The summed E-state index contributed by atoms with van der Waals surface area (Å²) in [5, 5.41) is 0. The van der Waals surface area contributed by atoms with Crippen molar-refractivity contribution in [3.63, 3.8) is 0 Å². The molecule has 1 heterocycles. The van der Waals surface area contributed by atoms with Gasteiger partial charge >= 0.3 is 12.0 Å². The van der Waals surface area contributed by atoms with Crippen molar-refractivity contribution in [3.05, 3.63) is 35.9 Å². The lowest BCUT2D eigenvalue weighted by Crippen LogP contribution is -2.68. The van der Waals surface area contributed by atoms with Gasteiger partial charge in [-0.1, -0.05) is 50.1 Å². The van der Waals surface area contributed by atoms with Gasteiger partial charge in [0.25, 0.3) is 0 Å². The Balaban J connectivity index is 1.52. The van der Waals surface area contributed by atoms with Crippen LogP contribution in [0.2, 0.25) is 0 Å². The molecule has 1 aromatic rings. The summed E-state index contributed by atoms with van der Waals surface area (Å²) in [5.74, 6) is 0.312. The number of hydrogen-bond acceptors (Lipinski definition) is 4. The molecule has 4 rings (SSSR count). The molecule has 0 atom stereocenters. The molecule has 0 aromatic heterocycles. The van der Waals surface area contributed by atoms with Crippen LogP contribution in [0.3, 0.4) is 0 Å². The highest BCUT2D eigenvalue weighted by Crippen LogP contribution is 2.57. The Morgan fingerprint density at radius 1 is 1.19 bits per heavy atom. The second-order valence-electron chi connectivity index (χ2n) is 9.99. The number of hydrogen-bond donors (Lipinski definition) is 0. The summed E-state index contributed by atoms with van der Waals surface area (Å²) >= 11 is 0. The maximum Gasteiger partial charge on any atom is 0.325 e. The van der Waals surface area contributed by atoms with E-state index in [9.17, 15) is 9.59 Å². The molecular weight excluding hydrogens is 390 g/mol. The van der Waals surface area contributed by atoms with Crippen LogP contribution in [0.1, 0.15) is 57.4 Å². The van der Waals surface area contributed by atoms with Crippen LogP contribution in [0.15, 0.2) is 30.3 Å². The minimum absolute atomic E-state index is 0.0137. The van der Waals surface area contributed by atoms with Crippen molar-refractivity contribution in [1.82, 2.24) is 14.7 Å². The Morgan fingerprint density at radius 3 is 2.48 bits per heavy atom. The second kappa shape index (κ2) is 8.81. The molecule has 1 aromatic carbocycles. The molecule has 6 nitrogen and oxygen atoms in total. The first-order valence-electron chi connectivity index (χ1n) is 11.9. The van der Waals surface area contributed by atoms with Crippen LogP contribution in [0, 0.1) is 5.92 Å². The topological polar surface area (TPSA) is 53.1 Å². The van der Waals surface area contributed by atoms with Gasteiger partial charge in [0.2, 0.25) is 0 Å². The highest BCUT2D eigenvalue weighted by Gasteiger charge is 2.64. The quantitative estimate of drug-likeness (QED) is 0.444. The second-order valence-corrected chi connectivity index (χ2v) is 9.99. The first kappa shape index (κ1) is 22.1. The number of urea groups is 1. The predicted octanol–water partition coefficient (Wildman–Crippen LogP) is 3.86. The molecule has 2 amide bonds. The summed E-state index contributed by atoms with van der Waals surface area (Å²) in [6.07, 6.45) is 7.32. The molecule has 3 fully saturated rings. The van der Waals surface area contributed by atoms with Gasteiger partial charge in [0.05, 0.1) is 17.7 Å². The van der Waals surface area contributed by atoms with Gasteiger partial charge in [0, 0.05) is 13.1 Å². The summed E-state index contributed by atoms with van der Waals surface area (Å²) in [4.78, 5) is 31.9. The summed E-state index contributed by atoms with van der Waals surface area (Å²) in [7, 11) is 4.27. The van der Waals surface area contributed by atoms with E-state index in [4.69, 9.17) is 4.74 Å². The van der Waals surface area contributed by atoms with Crippen molar-refractivity contribution < 1.29 is 14.3 Å². The highest BCUT2D eigenvalue weighted by atomic mass is 16.5. The number of esters is 1. The summed E-state index contributed by atoms with van der Waals surface area (Å²) < 4.78 is 5.35. The monoisotopic (exact) mass is 427 g/mol. The van der Waals surface area contributed by atoms with Crippen molar-refractivity contribution in [2.75, 3.05) is 40.3 Å². The van der Waals surface area contributed by atoms with Crippen LogP contribution in [-0.2, 0) is 15.1 Å². The summed E-state index contributed by atoms with van der Waals surface area (Å²) in [5.41, 5.74) is 1.03. The highest BCUT2D eigenvalue weighted by molar-refractivity contribution is 5.84. The van der Waals surface area contributed by atoms with E-state index < -0.39 is 0 Å². The van der Waals surface area contributed by atoms with E-state index in [2.05, 4.69) is 61.2 Å². The molecule has 2 saturated carbocycles. The molecule has 2 aliphatic carbocycles. The fourth-order valence-electron chi connectivity index (χ4n) is 5.61. The Bertz CT molecular complexity index is 784. The van der Waals surface area contributed by atoms with Gasteiger partial charge in [-0.3, -0.25) is 9.69 Å².